The summed E-state index contributed by atoms with van der Waals surface area (Å²) < 4.78 is 4.61. The maximum Gasteiger partial charge on any atom is 0.189 e. The minimum absolute atomic E-state index is 0.647. The fourth-order valence-electron chi connectivity index (χ4n) is 0.804. The summed E-state index contributed by atoms with van der Waals surface area (Å²) in [5.74, 6) is -0.647. The van der Waals surface area contributed by atoms with Crippen molar-refractivity contribution in [1.29, 1.82) is 0 Å². The van der Waals surface area contributed by atoms with Crippen LogP contribution in [0.25, 0.3) is 0 Å². The molecule has 0 amide bonds. The molecule has 0 aliphatic heterocycles. The van der Waals surface area contributed by atoms with E-state index in [0.29, 0.717) is 0 Å². The van der Waals surface area contributed by atoms with Gasteiger partial charge in [-0.05, 0) is 6.92 Å². The molecule has 0 spiro atoms. The van der Waals surface area contributed by atoms with E-state index in [0.717, 1.165) is 0 Å². The minimum Gasteiger partial charge on any atom is -0.391 e. The molecule has 0 rings (SSSR count). The van der Waals surface area contributed by atoms with Crippen LogP contribution in [-0.4, -0.2) is 53.1 Å². The van der Waals surface area contributed by atoms with Crippen molar-refractivity contribution in [2.75, 3.05) is 13.7 Å². The molecule has 3 N–H and O–H groups in total. The molecule has 5 nitrogen and oxygen atoms in total. The van der Waals surface area contributed by atoms with Gasteiger partial charge in [-0.25, -0.2) is 0 Å². The Hall–Kier alpha value is -0.490. The number of hydrogen-bond acceptors (Lipinski definition) is 5. The van der Waals surface area contributed by atoms with E-state index in [-0.39, 0.29) is 0 Å². The number of methoxy groups -OCH3 is 1. The van der Waals surface area contributed by atoms with Crippen LogP contribution in [0.15, 0.2) is 0 Å². The molecule has 0 aliphatic rings. The largest absolute Gasteiger partial charge is 0.391 e. The molecule has 72 valence electrons. The lowest BCUT2D eigenvalue weighted by atomic mass is 10.1. The summed E-state index contributed by atoms with van der Waals surface area (Å²) >= 11 is 0. The lowest BCUT2D eigenvalue weighted by Gasteiger charge is -2.21. The van der Waals surface area contributed by atoms with Gasteiger partial charge in [-0.1, -0.05) is 0 Å². The Morgan fingerprint density at radius 2 is 2.00 bits per heavy atom. The van der Waals surface area contributed by atoms with Crippen LogP contribution in [0.3, 0.4) is 0 Å². The molecule has 0 aromatic carbocycles. The van der Waals surface area contributed by atoms with E-state index >= 15 is 0 Å². The van der Waals surface area contributed by atoms with E-state index in [4.69, 9.17) is 10.2 Å². The van der Waals surface area contributed by atoms with Crippen molar-refractivity contribution in [2.45, 2.75) is 25.2 Å². The average Bonchev–Trinajstić information content (AvgIpc) is 2.05. The lowest BCUT2D eigenvalue weighted by Crippen LogP contribution is -2.43. The van der Waals surface area contributed by atoms with E-state index in [1.165, 1.54) is 14.0 Å². The Kier molecular flexibility index (Phi) is 5.00. The Balaban J connectivity index is 4.23. The zero-order valence-corrected chi connectivity index (χ0v) is 7.10. The van der Waals surface area contributed by atoms with Crippen LogP contribution >= 0.6 is 0 Å². The third-order valence-electron chi connectivity index (χ3n) is 1.53. The fourth-order valence-corrected chi connectivity index (χ4v) is 0.804. The highest BCUT2D eigenvalue weighted by molar-refractivity contribution is 5.84. The summed E-state index contributed by atoms with van der Waals surface area (Å²) in [6, 6.07) is 0. The maximum absolute atomic E-state index is 10.8. The Morgan fingerprint density at radius 3 is 2.25 bits per heavy atom. The first-order chi connectivity index (χ1) is 5.54. The minimum atomic E-state index is -1.30. The third-order valence-corrected chi connectivity index (χ3v) is 1.53. The number of carbonyl (C=O) groups excluding carboxylic acids is 1. The van der Waals surface area contributed by atoms with Crippen molar-refractivity contribution in [1.82, 2.24) is 0 Å². The second-order valence-electron chi connectivity index (χ2n) is 2.51. The van der Waals surface area contributed by atoms with Crippen LogP contribution in [0, 0.1) is 0 Å². The van der Waals surface area contributed by atoms with Crippen molar-refractivity contribution in [3.8, 4) is 0 Å². The van der Waals surface area contributed by atoms with E-state index in [1.807, 2.05) is 0 Å². The molecule has 0 saturated carbocycles. The van der Waals surface area contributed by atoms with Gasteiger partial charge in [0.2, 0.25) is 0 Å². The average molecular weight is 178 g/mol. The van der Waals surface area contributed by atoms with Crippen molar-refractivity contribution in [2.24, 2.45) is 0 Å². The molecule has 0 bridgehead atoms. The standard InChI is InChI=1S/C7H14O5/c1-4(9)6(11)7(12-2)5(10)3-8/h4,6-9,11H,3H2,1-2H3/t4-,6+,7+/m1/s1. The molecule has 0 aromatic rings. The highest BCUT2D eigenvalue weighted by atomic mass is 16.5. The van der Waals surface area contributed by atoms with Crippen LogP contribution < -0.4 is 0 Å². The first-order valence-corrected chi connectivity index (χ1v) is 3.57. The summed E-state index contributed by atoms with van der Waals surface area (Å²) in [4.78, 5) is 10.8. The molecule has 0 aromatic heterocycles. The molecule has 0 heterocycles. The highest BCUT2D eigenvalue weighted by Crippen LogP contribution is 2.04. The predicted octanol–water partition coefficient (Wildman–Crippen LogP) is -1.70. The number of carbonyl (C=O) groups is 1. The molecule has 5 heteroatoms. The SMILES string of the molecule is CO[C@@H](C(=O)CO)[C@@H](O)[C@@H](C)O. The van der Waals surface area contributed by atoms with Crippen molar-refractivity contribution in [3.63, 3.8) is 0 Å². The van der Waals surface area contributed by atoms with Gasteiger partial charge in [-0.15, -0.1) is 0 Å². The number of rotatable bonds is 5. The summed E-state index contributed by atoms with van der Waals surface area (Å²) in [6.45, 7) is 0.629. The van der Waals surface area contributed by atoms with Gasteiger partial charge >= 0.3 is 0 Å². The van der Waals surface area contributed by atoms with Gasteiger partial charge in [0.15, 0.2) is 5.78 Å². The van der Waals surface area contributed by atoms with Crippen molar-refractivity contribution >= 4 is 5.78 Å². The number of aliphatic hydroxyl groups is 3. The first-order valence-electron chi connectivity index (χ1n) is 3.57. The summed E-state index contributed by atoms with van der Waals surface area (Å²) in [5.41, 5.74) is 0. The number of aliphatic hydroxyl groups excluding tert-OH is 3. The molecule has 0 unspecified atom stereocenters. The topological polar surface area (TPSA) is 87.0 Å². The van der Waals surface area contributed by atoms with Gasteiger partial charge in [-0.3, -0.25) is 4.79 Å². The molecular weight excluding hydrogens is 164 g/mol. The van der Waals surface area contributed by atoms with Crippen LogP contribution in [0.4, 0.5) is 0 Å². The Morgan fingerprint density at radius 1 is 1.50 bits per heavy atom. The van der Waals surface area contributed by atoms with Crippen LogP contribution in [0.2, 0.25) is 0 Å². The number of hydrogen-bond donors (Lipinski definition) is 3. The molecular formula is C7H14O5. The number of ketones is 1. The Labute approximate surface area is 70.6 Å². The first kappa shape index (κ1) is 11.5. The lowest BCUT2D eigenvalue weighted by molar-refractivity contribution is -0.144. The molecule has 0 saturated heterocycles. The zero-order chi connectivity index (χ0) is 9.72. The predicted molar refractivity (Wildman–Crippen MR) is 40.6 cm³/mol. The van der Waals surface area contributed by atoms with E-state index in [1.54, 1.807) is 0 Å². The molecule has 0 aliphatic carbocycles. The monoisotopic (exact) mass is 178 g/mol. The second-order valence-corrected chi connectivity index (χ2v) is 2.51. The van der Waals surface area contributed by atoms with Gasteiger partial charge in [0.05, 0.1) is 6.10 Å². The van der Waals surface area contributed by atoms with Crippen LogP contribution in [-0.2, 0) is 9.53 Å². The van der Waals surface area contributed by atoms with Crippen molar-refractivity contribution in [3.05, 3.63) is 0 Å². The van der Waals surface area contributed by atoms with Gasteiger partial charge < -0.3 is 20.1 Å². The van der Waals surface area contributed by atoms with E-state index < -0.39 is 30.7 Å². The van der Waals surface area contributed by atoms with Crippen LogP contribution in [0.5, 0.6) is 0 Å². The number of Topliss-reactive ketones (excluding diaryl/α,β-unsaturated/α-hetero) is 1. The molecule has 3 atom stereocenters. The third kappa shape index (κ3) is 2.86. The normalized spacial score (nSPS) is 18.4. The summed E-state index contributed by atoms with van der Waals surface area (Å²) in [5, 5.41) is 26.5. The second kappa shape index (κ2) is 5.21. The van der Waals surface area contributed by atoms with Gasteiger partial charge in [0.1, 0.15) is 18.8 Å². The van der Waals surface area contributed by atoms with E-state index in [9.17, 15) is 9.90 Å². The van der Waals surface area contributed by atoms with Crippen LogP contribution in [0.1, 0.15) is 6.92 Å². The zero-order valence-electron chi connectivity index (χ0n) is 7.10. The maximum atomic E-state index is 10.8. The summed E-state index contributed by atoms with van der Waals surface area (Å²) in [7, 11) is 1.23. The molecule has 0 radical (unpaired) electrons. The summed E-state index contributed by atoms with van der Waals surface area (Å²) in [6.07, 6.45) is -3.52. The van der Waals surface area contributed by atoms with Gasteiger partial charge in [0.25, 0.3) is 0 Å². The molecule has 12 heavy (non-hydrogen) atoms. The Bertz CT molecular complexity index is 145. The quantitative estimate of drug-likeness (QED) is 0.467. The van der Waals surface area contributed by atoms with Gasteiger partial charge in [0, 0.05) is 7.11 Å². The van der Waals surface area contributed by atoms with E-state index in [2.05, 4.69) is 4.74 Å². The molecule has 0 fully saturated rings. The smallest absolute Gasteiger partial charge is 0.189 e. The number of ether oxygens (including phenoxy) is 1. The fraction of sp³-hybridized carbons (Fsp3) is 0.857. The highest BCUT2D eigenvalue weighted by Gasteiger charge is 2.28. The van der Waals surface area contributed by atoms with Crippen molar-refractivity contribution < 1.29 is 24.9 Å². The van der Waals surface area contributed by atoms with Gasteiger partial charge in [-0.2, -0.15) is 0 Å².